The lowest BCUT2D eigenvalue weighted by atomic mass is 10.1. The Kier molecular flexibility index (Phi) is 6.07. The van der Waals surface area contributed by atoms with Crippen molar-refractivity contribution in [2.75, 3.05) is 13.1 Å². The van der Waals surface area contributed by atoms with E-state index < -0.39 is 12.0 Å². The van der Waals surface area contributed by atoms with Gasteiger partial charge in [0.05, 0.1) is 17.9 Å². The summed E-state index contributed by atoms with van der Waals surface area (Å²) in [4.78, 5) is 36.5. The van der Waals surface area contributed by atoms with Crippen LogP contribution in [0.4, 0.5) is 4.79 Å². The van der Waals surface area contributed by atoms with Crippen molar-refractivity contribution < 1.29 is 19.1 Å². The summed E-state index contributed by atoms with van der Waals surface area (Å²) in [6.45, 7) is 0.289. The van der Waals surface area contributed by atoms with Gasteiger partial charge in [0.2, 0.25) is 5.91 Å². The van der Waals surface area contributed by atoms with Crippen molar-refractivity contribution in [3.63, 3.8) is 0 Å². The summed E-state index contributed by atoms with van der Waals surface area (Å²) in [6, 6.07) is 19.0. The molecule has 2 aromatic carbocycles. The molecule has 2 heterocycles. The highest BCUT2D eigenvalue weighted by Gasteiger charge is 2.27. The second-order valence-electron chi connectivity index (χ2n) is 7.12. The standard InChI is InChI=1S/C23H22N4O4/c28-20-14-24-23(30)26(20)13-7-12-21(29)31-16-18-15-27(19-10-5-2-6-11-19)25-22(18)17-8-3-1-4-9-17/h1-6,8-11,15H,7,12-14,16H2,(H,24,30). The van der Waals surface area contributed by atoms with E-state index in [9.17, 15) is 14.4 Å². The Morgan fingerprint density at radius 1 is 1.03 bits per heavy atom. The summed E-state index contributed by atoms with van der Waals surface area (Å²) in [5, 5.41) is 7.15. The molecule has 0 radical (unpaired) electrons. The van der Waals surface area contributed by atoms with Gasteiger partial charge in [-0.2, -0.15) is 5.10 Å². The van der Waals surface area contributed by atoms with Gasteiger partial charge < -0.3 is 10.1 Å². The van der Waals surface area contributed by atoms with Crippen molar-refractivity contribution in [2.45, 2.75) is 19.4 Å². The van der Waals surface area contributed by atoms with E-state index in [4.69, 9.17) is 9.84 Å². The monoisotopic (exact) mass is 418 g/mol. The fraction of sp³-hybridized carbons (Fsp3) is 0.217. The number of nitrogens with one attached hydrogen (secondary N) is 1. The molecule has 158 valence electrons. The Morgan fingerprint density at radius 2 is 1.74 bits per heavy atom. The van der Waals surface area contributed by atoms with Gasteiger partial charge in [-0.1, -0.05) is 48.5 Å². The summed E-state index contributed by atoms with van der Waals surface area (Å²) in [5.41, 5.74) is 3.38. The Balaban J connectivity index is 1.41. The van der Waals surface area contributed by atoms with Crippen LogP contribution < -0.4 is 5.32 Å². The second kappa shape index (κ2) is 9.25. The number of rotatable bonds is 8. The van der Waals surface area contributed by atoms with Crippen LogP contribution >= 0.6 is 0 Å². The Morgan fingerprint density at radius 3 is 2.42 bits per heavy atom. The maximum Gasteiger partial charge on any atom is 0.324 e. The van der Waals surface area contributed by atoms with Gasteiger partial charge in [0.25, 0.3) is 0 Å². The highest BCUT2D eigenvalue weighted by molar-refractivity contribution is 6.01. The first-order valence-electron chi connectivity index (χ1n) is 10.0. The van der Waals surface area contributed by atoms with Crippen LogP contribution in [0.3, 0.4) is 0 Å². The largest absolute Gasteiger partial charge is 0.461 e. The molecule has 1 aromatic heterocycles. The van der Waals surface area contributed by atoms with E-state index in [-0.39, 0.29) is 32.0 Å². The molecule has 8 heteroatoms. The van der Waals surface area contributed by atoms with E-state index in [1.807, 2.05) is 66.9 Å². The summed E-state index contributed by atoms with van der Waals surface area (Å²) in [7, 11) is 0. The van der Waals surface area contributed by atoms with Gasteiger partial charge in [-0.05, 0) is 18.6 Å². The minimum Gasteiger partial charge on any atom is -0.461 e. The highest BCUT2D eigenvalue weighted by atomic mass is 16.5. The molecule has 3 amide bonds. The zero-order valence-electron chi connectivity index (χ0n) is 16.9. The average molecular weight is 418 g/mol. The topological polar surface area (TPSA) is 93.5 Å². The molecular weight excluding hydrogens is 396 g/mol. The first-order chi connectivity index (χ1) is 15.1. The van der Waals surface area contributed by atoms with E-state index >= 15 is 0 Å². The van der Waals surface area contributed by atoms with E-state index in [0.717, 1.165) is 27.4 Å². The third-order valence-electron chi connectivity index (χ3n) is 4.95. The molecule has 4 rings (SSSR count). The number of urea groups is 1. The van der Waals surface area contributed by atoms with Crippen molar-refractivity contribution in [3.8, 4) is 16.9 Å². The summed E-state index contributed by atoms with van der Waals surface area (Å²) >= 11 is 0. The molecule has 1 saturated heterocycles. The van der Waals surface area contributed by atoms with Gasteiger partial charge in [0.1, 0.15) is 6.61 Å². The van der Waals surface area contributed by atoms with Gasteiger partial charge in [0.15, 0.2) is 0 Å². The summed E-state index contributed by atoms with van der Waals surface area (Å²) in [5.74, 6) is -0.669. The Bertz CT molecular complexity index is 1060. The van der Waals surface area contributed by atoms with Crippen LogP contribution in [0.25, 0.3) is 16.9 Å². The van der Waals surface area contributed by atoms with Crippen LogP contribution in [0.2, 0.25) is 0 Å². The number of carbonyl (C=O) groups is 3. The van der Waals surface area contributed by atoms with Crippen molar-refractivity contribution in [2.24, 2.45) is 0 Å². The minimum atomic E-state index is -0.417. The fourth-order valence-corrected chi connectivity index (χ4v) is 3.36. The van der Waals surface area contributed by atoms with Gasteiger partial charge >= 0.3 is 12.0 Å². The number of imide groups is 1. The number of hydrogen-bond acceptors (Lipinski definition) is 5. The number of nitrogens with zero attached hydrogens (tertiary/aromatic N) is 3. The predicted molar refractivity (Wildman–Crippen MR) is 113 cm³/mol. The van der Waals surface area contributed by atoms with Crippen molar-refractivity contribution in [1.29, 1.82) is 0 Å². The molecule has 31 heavy (non-hydrogen) atoms. The number of benzene rings is 2. The van der Waals surface area contributed by atoms with Crippen LogP contribution in [0, 0.1) is 0 Å². The Hall–Kier alpha value is -3.94. The molecule has 1 aliphatic rings. The molecule has 1 fully saturated rings. The number of para-hydroxylation sites is 1. The van der Waals surface area contributed by atoms with Crippen molar-refractivity contribution in [3.05, 3.63) is 72.4 Å². The van der Waals surface area contributed by atoms with Gasteiger partial charge in [-0.15, -0.1) is 0 Å². The van der Waals surface area contributed by atoms with Gasteiger partial charge in [0, 0.05) is 30.3 Å². The third kappa shape index (κ3) is 4.80. The lowest BCUT2D eigenvalue weighted by Crippen LogP contribution is -2.32. The third-order valence-corrected chi connectivity index (χ3v) is 4.95. The molecule has 0 atom stereocenters. The van der Waals surface area contributed by atoms with Crippen LogP contribution in [-0.4, -0.2) is 45.7 Å². The summed E-state index contributed by atoms with van der Waals surface area (Å²) in [6.07, 6.45) is 2.33. The molecule has 0 unspecified atom stereocenters. The predicted octanol–water partition coefficient (Wildman–Crippen LogP) is 2.91. The molecule has 0 saturated carbocycles. The molecule has 0 aliphatic carbocycles. The van der Waals surface area contributed by atoms with Crippen LogP contribution in [0.5, 0.6) is 0 Å². The van der Waals surface area contributed by atoms with Crippen LogP contribution in [0.15, 0.2) is 66.9 Å². The SMILES string of the molecule is O=C(CCCN1C(=O)CNC1=O)OCc1cn(-c2ccccc2)nc1-c1ccccc1. The maximum atomic E-state index is 12.2. The summed E-state index contributed by atoms with van der Waals surface area (Å²) < 4.78 is 7.23. The molecule has 0 bridgehead atoms. The maximum absolute atomic E-state index is 12.2. The molecule has 8 nitrogen and oxygen atoms in total. The first kappa shape index (κ1) is 20.3. The van der Waals surface area contributed by atoms with E-state index in [1.165, 1.54) is 0 Å². The number of aromatic nitrogens is 2. The fourth-order valence-electron chi connectivity index (χ4n) is 3.36. The Labute approximate surface area is 179 Å². The van der Waals surface area contributed by atoms with Crippen molar-refractivity contribution in [1.82, 2.24) is 20.0 Å². The van der Waals surface area contributed by atoms with Crippen LogP contribution in [0.1, 0.15) is 18.4 Å². The normalized spacial score (nSPS) is 13.4. The lowest BCUT2D eigenvalue weighted by molar-refractivity contribution is -0.145. The molecule has 3 aromatic rings. The van der Waals surface area contributed by atoms with Crippen LogP contribution in [-0.2, 0) is 20.9 Å². The molecule has 1 N–H and O–H groups in total. The number of esters is 1. The number of carbonyl (C=O) groups excluding carboxylic acids is 3. The molecular formula is C23H22N4O4. The van der Waals surface area contributed by atoms with E-state index in [1.54, 1.807) is 4.68 Å². The molecule has 1 aliphatic heterocycles. The van der Waals surface area contributed by atoms with E-state index in [2.05, 4.69) is 5.32 Å². The quantitative estimate of drug-likeness (QED) is 0.448. The first-order valence-corrected chi connectivity index (χ1v) is 10.0. The zero-order chi connectivity index (χ0) is 21.6. The van der Waals surface area contributed by atoms with Gasteiger partial charge in [-0.3, -0.25) is 14.5 Å². The zero-order valence-corrected chi connectivity index (χ0v) is 16.9. The number of ether oxygens (including phenoxy) is 1. The minimum absolute atomic E-state index is 0.0109. The van der Waals surface area contributed by atoms with Gasteiger partial charge in [-0.25, -0.2) is 9.48 Å². The molecule has 0 spiro atoms. The van der Waals surface area contributed by atoms with Crippen molar-refractivity contribution >= 4 is 17.9 Å². The lowest BCUT2D eigenvalue weighted by Gasteiger charge is -2.11. The average Bonchev–Trinajstić information content (AvgIpc) is 3.37. The second-order valence-corrected chi connectivity index (χ2v) is 7.12. The number of amides is 3. The highest BCUT2D eigenvalue weighted by Crippen LogP contribution is 2.24. The van der Waals surface area contributed by atoms with E-state index in [0.29, 0.717) is 6.42 Å². The number of hydrogen-bond donors (Lipinski definition) is 1. The smallest absolute Gasteiger partial charge is 0.324 e.